The van der Waals surface area contributed by atoms with E-state index in [9.17, 15) is 40.8 Å². The van der Waals surface area contributed by atoms with Gasteiger partial charge < -0.3 is 30.2 Å². The summed E-state index contributed by atoms with van der Waals surface area (Å²) in [6.07, 6.45) is 18.1. The summed E-state index contributed by atoms with van der Waals surface area (Å²) in [5, 5.41) is 25.0. The number of nitrogens with one attached hydrogen (secondary N) is 5. The van der Waals surface area contributed by atoms with Gasteiger partial charge in [0.1, 0.15) is 16.8 Å². The quantitative estimate of drug-likeness (QED) is 0.0185. The Balaban J connectivity index is 0.000000224. The molecule has 4 amide bonds. The Bertz CT molecular complexity index is 5570. The second-order valence-corrected chi connectivity index (χ2v) is 35.0. The number of hydrogen-bond donors (Lipinski definition) is 5. The molecule has 2 unspecified atom stereocenters. The Hall–Kier alpha value is -9.87. The number of nitrogens with zero attached hydrogens (tertiary/aromatic N) is 9. The van der Waals surface area contributed by atoms with Crippen molar-refractivity contribution in [2.45, 2.75) is 173 Å². The number of ketones is 1. The fourth-order valence-electron chi connectivity index (χ4n) is 13.3. The third-order valence-corrected chi connectivity index (χ3v) is 24.5. The molecule has 30 heteroatoms. The van der Waals surface area contributed by atoms with E-state index in [1.807, 2.05) is 70.4 Å². The molecule has 24 nitrogen and oxygen atoms in total. The zero-order valence-corrected chi connectivity index (χ0v) is 70.6. The number of hydrogen-bond acceptors (Lipinski definition) is 16. The molecule has 12 rings (SSSR count). The predicted octanol–water partition coefficient (Wildman–Crippen LogP) is 18.1. The molecule has 8 aromatic carbocycles. The van der Waals surface area contributed by atoms with E-state index in [0.29, 0.717) is 65.9 Å². The summed E-state index contributed by atoms with van der Waals surface area (Å²) < 4.78 is 70.8. The van der Waals surface area contributed by atoms with Crippen LogP contribution in [0.4, 0.5) is 28.4 Å². The number of carbonyl (C=O) groups is 5. The van der Waals surface area contributed by atoms with Gasteiger partial charge in [-0.2, -0.15) is 0 Å². The highest BCUT2D eigenvalue weighted by molar-refractivity contribution is 7.92. The Morgan fingerprint density at radius 1 is 0.574 bits per heavy atom. The Morgan fingerprint density at radius 3 is 1.70 bits per heavy atom. The lowest BCUT2D eigenvalue weighted by molar-refractivity contribution is -0.136. The number of amides is 4. The number of rotatable bonds is 34. The van der Waals surface area contributed by atoms with E-state index in [1.54, 1.807) is 98.8 Å². The SMILES string of the molecule is CCCCCCCCCCCCCCCCNS(=O)(=O)c1ccc(Cl)c(NS(=O)(=O)c2ccc(Cl)c(NC(=O)C(C(=O)N3CCc4ccccc43)n3nnc4ccccc43)c2)c1.CN=c1sc2ccccc2n1C.Cc1ccc(OCCCC(=O)Nc2ccc(Cl)c(NC(=O)C(C(=O)C(C)(C)C)n3nnc4ccccc43)c2)c(C)c1. The average molecular weight is 1680 g/mol. The van der Waals surface area contributed by atoms with Crippen molar-refractivity contribution in [2.75, 3.05) is 52.3 Å². The minimum Gasteiger partial charge on any atom is -0.493 e. The van der Waals surface area contributed by atoms with Crippen LogP contribution < -0.4 is 39.8 Å². The van der Waals surface area contributed by atoms with Crippen molar-refractivity contribution in [3.8, 4) is 5.75 Å². The molecule has 0 aliphatic carbocycles. The predicted molar refractivity (Wildman–Crippen MR) is 460 cm³/mol. The maximum Gasteiger partial charge on any atom is 0.262 e. The zero-order valence-electron chi connectivity index (χ0n) is 65.9. The summed E-state index contributed by atoms with van der Waals surface area (Å²) in [6, 6.07) is 45.1. The monoisotopic (exact) mass is 1680 g/mol. The molecule has 0 spiro atoms. The van der Waals surface area contributed by atoms with E-state index in [-0.39, 0.29) is 66.6 Å². The number of halogens is 3. The first kappa shape index (κ1) is 87.5. The van der Waals surface area contributed by atoms with Gasteiger partial charge in [-0.3, -0.25) is 33.7 Å². The van der Waals surface area contributed by atoms with E-state index < -0.39 is 55.3 Å². The Labute approximate surface area is 690 Å². The lowest BCUT2D eigenvalue weighted by Gasteiger charge is -2.24. The van der Waals surface area contributed by atoms with E-state index in [1.165, 1.54) is 113 Å². The maximum absolute atomic E-state index is 14.3. The van der Waals surface area contributed by atoms with Crippen molar-refractivity contribution < 1.29 is 45.5 Å². The van der Waals surface area contributed by atoms with Crippen LogP contribution in [-0.4, -0.2) is 108 Å². The second-order valence-electron chi connectivity index (χ2n) is 29.3. The summed E-state index contributed by atoms with van der Waals surface area (Å²) in [5.74, 6) is -1.76. The van der Waals surface area contributed by atoms with Crippen molar-refractivity contribution >= 4 is 156 Å². The highest BCUT2D eigenvalue weighted by atomic mass is 35.5. The fourth-order valence-corrected chi connectivity index (χ4v) is 17.0. The van der Waals surface area contributed by atoms with Crippen molar-refractivity contribution in [1.29, 1.82) is 0 Å². The van der Waals surface area contributed by atoms with Gasteiger partial charge in [-0.25, -0.2) is 30.9 Å². The number of benzene rings is 8. The first-order chi connectivity index (χ1) is 55.2. The molecule has 0 bridgehead atoms. The molecular weight excluding hydrogens is 1580 g/mol. The highest BCUT2D eigenvalue weighted by Gasteiger charge is 2.40. The van der Waals surface area contributed by atoms with Gasteiger partial charge in [0.15, 0.2) is 16.6 Å². The van der Waals surface area contributed by atoms with Crippen LogP contribution in [0, 0.1) is 19.3 Å². The molecule has 2 atom stereocenters. The van der Waals surface area contributed by atoms with Gasteiger partial charge in [-0.15, -0.1) is 10.2 Å². The summed E-state index contributed by atoms with van der Waals surface area (Å²) in [5.41, 5.74) is 6.72. The van der Waals surface area contributed by atoms with Gasteiger partial charge in [0.25, 0.3) is 27.7 Å². The van der Waals surface area contributed by atoms with Crippen LogP contribution in [0.25, 0.3) is 32.3 Å². The summed E-state index contributed by atoms with van der Waals surface area (Å²) in [7, 11) is -4.55. The Kier molecular flexibility index (Phi) is 31.3. The van der Waals surface area contributed by atoms with E-state index in [0.717, 1.165) is 58.6 Å². The largest absolute Gasteiger partial charge is 0.493 e. The second kappa shape index (κ2) is 41.1. The minimum atomic E-state index is -4.43. The molecule has 115 heavy (non-hydrogen) atoms. The average Bonchev–Trinajstić information content (AvgIpc) is 1.70. The number of aromatic nitrogens is 7. The molecule has 4 heterocycles. The van der Waals surface area contributed by atoms with Crippen molar-refractivity contribution in [3.05, 3.63) is 206 Å². The molecule has 3 aromatic heterocycles. The van der Waals surface area contributed by atoms with Gasteiger partial charge in [-0.05, 0) is 147 Å². The number of thiazole rings is 1. The van der Waals surface area contributed by atoms with E-state index in [2.05, 4.69) is 86.8 Å². The van der Waals surface area contributed by atoms with Gasteiger partial charge in [-0.1, -0.05) is 240 Å². The summed E-state index contributed by atoms with van der Waals surface area (Å²) >= 11 is 21.0. The molecular formula is C85H99Cl3N14O10S3. The van der Waals surface area contributed by atoms with E-state index >= 15 is 0 Å². The van der Waals surface area contributed by atoms with Crippen molar-refractivity contribution in [1.82, 2.24) is 39.3 Å². The molecule has 0 radical (unpaired) electrons. The standard InChI is InChI=1S/C45H55Cl2N7O6S2.C31H34ClN5O4.C9H10N2S/c1-2-3-4-5-6-7-8-9-10-11-12-13-14-19-29-48-61(57,58)34-24-27-37(47)40(32-34)51-62(59,60)35-25-26-36(46)39(31-35)49-44(55)43(54-42-23-18-16-21-38(42)50-52-54)45(56)53-30-28-33-20-15-17-22-41(33)53;1-19-12-15-26(20(2)17-19)41-16-8-11-27(38)33-21-13-14-22(32)24(18-21)34-30(40)28(29(39)31(3,4)5)37-25-10-7-6-9-23(25)35-36-37;1-10-9-11(2)7-5-3-4-6-8(7)12-9/h15-18,20-27,31-32,43,48,51H,2-14,19,28-30H2,1H3,(H,49,55);6-7,9-10,12-15,17-18,28H,8,11,16H2,1-5H3,(H,33,38)(H,34,40);3-6H,1-2H3. The maximum atomic E-state index is 14.3. The van der Waals surface area contributed by atoms with Crippen LogP contribution in [0.5, 0.6) is 5.75 Å². The molecule has 0 saturated carbocycles. The van der Waals surface area contributed by atoms with Crippen LogP contribution in [0.1, 0.15) is 159 Å². The fraction of sp³-hybridized carbons (Fsp3) is 0.365. The first-order valence-corrected chi connectivity index (χ1v) is 43.6. The number of anilines is 5. The Morgan fingerprint density at radius 2 is 1.10 bits per heavy atom. The van der Waals surface area contributed by atoms with Crippen LogP contribution in [-0.2, 0) is 57.5 Å². The van der Waals surface area contributed by atoms with Gasteiger partial charge >= 0.3 is 0 Å². The number of para-hydroxylation sites is 4. The zero-order chi connectivity index (χ0) is 82.4. The number of carbonyl (C=O) groups excluding carboxylic acids is 5. The van der Waals surface area contributed by atoms with Gasteiger partial charge in [0.2, 0.25) is 22.0 Å². The highest BCUT2D eigenvalue weighted by Crippen LogP contribution is 2.36. The molecule has 5 N–H and O–H groups in total. The lowest BCUT2D eigenvalue weighted by Crippen LogP contribution is -2.42. The first-order valence-electron chi connectivity index (χ1n) is 38.7. The van der Waals surface area contributed by atoms with E-state index in [4.69, 9.17) is 39.5 Å². The molecule has 0 saturated heterocycles. The van der Waals surface area contributed by atoms with Crippen LogP contribution in [0.15, 0.2) is 185 Å². The molecule has 11 aromatic rings. The van der Waals surface area contributed by atoms with Gasteiger partial charge in [0, 0.05) is 50.4 Å². The molecule has 608 valence electrons. The third-order valence-electron chi connectivity index (χ3n) is 19.5. The molecule has 1 aliphatic rings. The number of sulfonamides is 2. The lowest BCUT2D eigenvalue weighted by atomic mass is 9.86. The molecule has 1 aliphatic heterocycles. The normalized spacial score (nSPS) is 12.8. The number of fused-ring (bicyclic) bond motifs is 4. The van der Waals surface area contributed by atoms with Crippen LogP contribution in [0.2, 0.25) is 15.1 Å². The topological polar surface area (TPSA) is 305 Å². The smallest absolute Gasteiger partial charge is 0.262 e. The third kappa shape index (κ3) is 23.5. The van der Waals surface area contributed by atoms with Crippen molar-refractivity contribution in [3.63, 3.8) is 0 Å². The molecule has 0 fully saturated rings. The van der Waals surface area contributed by atoms with Crippen molar-refractivity contribution in [2.24, 2.45) is 17.5 Å². The summed E-state index contributed by atoms with van der Waals surface area (Å²) in [4.78, 5) is 74.4. The summed E-state index contributed by atoms with van der Waals surface area (Å²) in [6.45, 7) is 12.5. The van der Waals surface area contributed by atoms with Crippen LogP contribution >= 0.6 is 46.1 Å². The minimum absolute atomic E-state index is 0.00512. The van der Waals surface area contributed by atoms with Gasteiger partial charge in [0.05, 0.1) is 69.8 Å². The number of Topliss-reactive ketones (excluding diaryl/α,β-unsaturated/α-hetero) is 1. The number of aryl methyl sites for hydroxylation is 3. The van der Waals surface area contributed by atoms with Crippen LogP contribution in [0.3, 0.4) is 0 Å². The number of ether oxygens (including phenoxy) is 1. The number of unbranched alkanes of at least 4 members (excludes halogenated alkanes) is 13.